The highest BCUT2D eigenvalue weighted by Crippen LogP contribution is 1.98. The number of hydrogen-bond acceptors (Lipinski definition) is 5. The molecule has 0 spiro atoms. The van der Waals surface area contributed by atoms with Crippen LogP contribution in [-0.2, 0) is 4.74 Å². The quantitative estimate of drug-likeness (QED) is 0.537. The van der Waals surface area contributed by atoms with E-state index in [2.05, 4.69) is 24.7 Å². The Hall–Kier alpha value is -2.44. The molecule has 0 aromatic carbocycles. The summed E-state index contributed by atoms with van der Waals surface area (Å²) in [6.45, 7) is 0. The highest BCUT2D eigenvalue weighted by molar-refractivity contribution is 5.99. The summed E-state index contributed by atoms with van der Waals surface area (Å²) in [5, 5.41) is 0. The molecular weight excluding hydrogens is 200 g/mol. The van der Waals surface area contributed by atoms with Gasteiger partial charge in [-0.3, -0.25) is 0 Å². The van der Waals surface area contributed by atoms with Crippen LogP contribution in [0, 0.1) is 0 Å². The number of aromatic amines is 2. The van der Waals surface area contributed by atoms with Crippen molar-refractivity contribution in [2.75, 3.05) is 0 Å². The topological polar surface area (TPSA) is 101 Å². The van der Waals surface area contributed by atoms with Crippen molar-refractivity contribution in [2.24, 2.45) is 0 Å². The molecule has 76 valence electrons. The van der Waals surface area contributed by atoms with E-state index < -0.39 is 11.9 Å². The Balaban J connectivity index is 2.04. The van der Waals surface area contributed by atoms with Crippen LogP contribution < -0.4 is 0 Å². The summed E-state index contributed by atoms with van der Waals surface area (Å²) in [4.78, 5) is 34.8. The van der Waals surface area contributed by atoms with Crippen LogP contribution in [0.2, 0.25) is 0 Å². The van der Waals surface area contributed by atoms with Gasteiger partial charge in [0.1, 0.15) is 0 Å². The van der Waals surface area contributed by atoms with Crippen molar-refractivity contribution in [3.05, 3.63) is 36.4 Å². The van der Waals surface area contributed by atoms with Crippen molar-refractivity contribution in [3.8, 4) is 0 Å². The van der Waals surface area contributed by atoms with Crippen molar-refractivity contribution in [3.63, 3.8) is 0 Å². The van der Waals surface area contributed by atoms with Gasteiger partial charge in [-0.1, -0.05) is 0 Å². The molecule has 0 radical (unpaired) electrons. The van der Waals surface area contributed by atoms with Gasteiger partial charge in [0.2, 0.25) is 11.6 Å². The van der Waals surface area contributed by atoms with Crippen molar-refractivity contribution >= 4 is 11.9 Å². The number of rotatable bonds is 2. The lowest BCUT2D eigenvalue weighted by molar-refractivity contribution is 0.0382. The van der Waals surface area contributed by atoms with Gasteiger partial charge < -0.3 is 14.7 Å². The van der Waals surface area contributed by atoms with Gasteiger partial charge in [-0.25, -0.2) is 19.6 Å². The predicted molar refractivity (Wildman–Crippen MR) is 46.9 cm³/mol. The zero-order valence-corrected chi connectivity index (χ0v) is 7.43. The molecule has 2 aromatic heterocycles. The maximum absolute atomic E-state index is 11.2. The van der Waals surface area contributed by atoms with Gasteiger partial charge in [-0.2, -0.15) is 0 Å². The molecule has 0 saturated heterocycles. The molecule has 0 saturated carbocycles. The van der Waals surface area contributed by atoms with E-state index >= 15 is 0 Å². The normalized spacial score (nSPS) is 9.87. The minimum atomic E-state index is -0.846. The highest BCUT2D eigenvalue weighted by atomic mass is 16.6. The van der Waals surface area contributed by atoms with Gasteiger partial charge in [0.25, 0.3) is 0 Å². The number of hydrogen-bond donors (Lipinski definition) is 2. The number of H-pyrrole nitrogens is 2. The monoisotopic (exact) mass is 206 g/mol. The Labute approximate surface area is 83.5 Å². The second-order valence-electron chi connectivity index (χ2n) is 2.55. The van der Waals surface area contributed by atoms with Gasteiger partial charge in [0, 0.05) is 24.8 Å². The summed E-state index contributed by atoms with van der Waals surface area (Å²) in [6.07, 6.45) is 5.67. The first-order chi connectivity index (χ1) is 7.27. The van der Waals surface area contributed by atoms with Gasteiger partial charge in [-0.05, 0) is 0 Å². The highest BCUT2D eigenvalue weighted by Gasteiger charge is 2.17. The molecule has 0 aliphatic rings. The van der Waals surface area contributed by atoms with Gasteiger partial charge in [0.15, 0.2) is 0 Å². The summed E-state index contributed by atoms with van der Waals surface area (Å²) in [5.74, 6) is -1.76. The number of ether oxygens (including phenoxy) is 1. The number of carbonyl (C=O) groups excluding carboxylic acids is 2. The standard InChI is InChI=1S/C8H6N4O3/c13-7(5-9-1-2-10-5)15-8(14)6-11-3-4-12-6/h1-4H,(H,9,10)(H,11,12). The van der Waals surface area contributed by atoms with Crippen LogP contribution in [0.5, 0.6) is 0 Å². The molecule has 7 heteroatoms. The Kier molecular flexibility index (Phi) is 2.28. The van der Waals surface area contributed by atoms with E-state index in [1.165, 1.54) is 24.8 Å². The smallest absolute Gasteiger partial charge is 0.381 e. The summed E-state index contributed by atoms with van der Waals surface area (Å²) in [7, 11) is 0. The Morgan fingerprint density at radius 2 is 1.47 bits per heavy atom. The zero-order valence-electron chi connectivity index (χ0n) is 7.43. The first-order valence-corrected chi connectivity index (χ1v) is 4.02. The zero-order chi connectivity index (χ0) is 10.7. The molecule has 2 heterocycles. The molecule has 0 aliphatic carbocycles. The van der Waals surface area contributed by atoms with Crippen molar-refractivity contribution < 1.29 is 14.3 Å². The summed E-state index contributed by atoms with van der Waals surface area (Å²) in [5.41, 5.74) is 0. The van der Waals surface area contributed by atoms with Crippen LogP contribution in [0.3, 0.4) is 0 Å². The summed E-state index contributed by atoms with van der Waals surface area (Å²) >= 11 is 0. The maximum atomic E-state index is 11.2. The third-order valence-electron chi connectivity index (χ3n) is 1.57. The molecule has 0 atom stereocenters. The lowest BCUT2D eigenvalue weighted by Crippen LogP contribution is -2.15. The fourth-order valence-electron chi connectivity index (χ4n) is 0.935. The van der Waals surface area contributed by atoms with E-state index in [1.54, 1.807) is 0 Å². The lowest BCUT2D eigenvalue weighted by atomic mass is 10.6. The minimum Gasteiger partial charge on any atom is -0.381 e. The first-order valence-electron chi connectivity index (χ1n) is 4.02. The Morgan fingerprint density at radius 3 is 1.80 bits per heavy atom. The van der Waals surface area contributed by atoms with E-state index in [4.69, 9.17) is 0 Å². The van der Waals surface area contributed by atoms with Crippen molar-refractivity contribution in [1.29, 1.82) is 0 Å². The van der Waals surface area contributed by atoms with Crippen LogP contribution in [0.4, 0.5) is 0 Å². The molecule has 2 aromatic rings. The number of aromatic nitrogens is 4. The van der Waals surface area contributed by atoms with E-state index in [9.17, 15) is 9.59 Å². The molecule has 0 bridgehead atoms. The fourth-order valence-corrected chi connectivity index (χ4v) is 0.935. The number of imidazole rings is 2. The summed E-state index contributed by atoms with van der Waals surface area (Å²) in [6, 6.07) is 0. The molecule has 15 heavy (non-hydrogen) atoms. The minimum absolute atomic E-state index is 0.0325. The predicted octanol–water partition coefficient (Wildman–Crippen LogP) is 0.130. The molecule has 0 unspecified atom stereocenters. The van der Waals surface area contributed by atoms with Crippen LogP contribution >= 0.6 is 0 Å². The average molecular weight is 206 g/mol. The molecule has 2 N–H and O–H groups in total. The SMILES string of the molecule is O=C(OC(=O)c1ncc[nH]1)c1ncc[nH]1. The molecule has 2 rings (SSSR count). The fraction of sp³-hybridized carbons (Fsp3) is 0. The first kappa shape index (κ1) is 9.13. The molecule has 0 amide bonds. The largest absolute Gasteiger partial charge is 0.382 e. The second kappa shape index (κ2) is 3.74. The van der Waals surface area contributed by atoms with Crippen molar-refractivity contribution in [2.45, 2.75) is 0 Å². The number of nitrogens with zero attached hydrogens (tertiary/aromatic N) is 2. The Morgan fingerprint density at radius 1 is 1.00 bits per heavy atom. The van der Waals surface area contributed by atoms with Crippen LogP contribution in [0.1, 0.15) is 21.2 Å². The van der Waals surface area contributed by atoms with E-state index in [1.807, 2.05) is 0 Å². The average Bonchev–Trinajstić information content (AvgIpc) is 2.91. The maximum Gasteiger partial charge on any atom is 0.382 e. The number of nitrogens with one attached hydrogen (secondary N) is 2. The number of carbonyl (C=O) groups is 2. The Bertz CT molecular complexity index is 416. The molecule has 0 fully saturated rings. The molecule has 7 nitrogen and oxygen atoms in total. The van der Waals surface area contributed by atoms with Gasteiger partial charge in [0.05, 0.1) is 0 Å². The van der Waals surface area contributed by atoms with E-state index in [-0.39, 0.29) is 11.6 Å². The van der Waals surface area contributed by atoms with Gasteiger partial charge in [-0.15, -0.1) is 0 Å². The lowest BCUT2D eigenvalue weighted by Gasteiger charge is -1.96. The second-order valence-corrected chi connectivity index (χ2v) is 2.55. The van der Waals surface area contributed by atoms with E-state index in [0.29, 0.717) is 0 Å². The van der Waals surface area contributed by atoms with Crippen LogP contribution in [-0.4, -0.2) is 31.9 Å². The molecule has 0 aliphatic heterocycles. The van der Waals surface area contributed by atoms with Gasteiger partial charge >= 0.3 is 11.9 Å². The third kappa shape index (κ3) is 1.90. The van der Waals surface area contributed by atoms with Crippen LogP contribution in [0.25, 0.3) is 0 Å². The summed E-state index contributed by atoms with van der Waals surface area (Å²) < 4.78 is 4.47. The van der Waals surface area contributed by atoms with Crippen molar-refractivity contribution in [1.82, 2.24) is 19.9 Å². The number of esters is 2. The van der Waals surface area contributed by atoms with Crippen LogP contribution in [0.15, 0.2) is 24.8 Å². The van der Waals surface area contributed by atoms with E-state index in [0.717, 1.165) is 0 Å². The third-order valence-corrected chi connectivity index (χ3v) is 1.57. The molecular formula is C8H6N4O3.